The normalized spacial score (nSPS) is 20.0. The number of carbonyl (C=O) groups excluding carboxylic acids is 1. The third-order valence-corrected chi connectivity index (χ3v) is 4.76. The minimum Gasteiger partial charge on any atom is -0.442 e. The molecule has 0 spiro atoms. The second kappa shape index (κ2) is 6.85. The van der Waals surface area contributed by atoms with Crippen molar-refractivity contribution in [2.24, 2.45) is 0 Å². The monoisotopic (exact) mass is 365 g/mol. The smallest absolute Gasteiger partial charge is 0.442 e. The van der Waals surface area contributed by atoms with Crippen LogP contribution in [-0.4, -0.2) is 30.0 Å². The summed E-state index contributed by atoms with van der Waals surface area (Å²) in [6.07, 6.45) is -1.34. The van der Waals surface area contributed by atoms with Crippen molar-refractivity contribution in [3.8, 4) is 0 Å². The Morgan fingerprint density at radius 1 is 1.19 bits per heavy atom. The molecule has 0 aromatic heterocycles. The van der Waals surface area contributed by atoms with Gasteiger partial charge in [0, 0.05) is 16.6 Å². The SMILES string of the molecule is C[C@@H](OC(=O)NC(C)(C)C)c1cccc(B2OC(C)(C)C(C)(C)O2)c1F. The number of hydrogen-bond donors (Lipinski definition) is 1. The van der Waals surface area contributed by atoms with Crippen molar-refractivity contribution in [1.82, 2.24) is 5.32 Å². The fourth-order valence-electron chi connectivity index (χ4n) is 2.59. The van der Waals surface area contributed by atoms with Gasteiger partial charge < -0.3 is 19.4 Å². The summed E-state index contributed by atoms with van der Waals surface area (Å²) >= 11 is 0. The standard InChI is InChI=1S/C19H29BFNO4/c1-12(24-16(23)22-17(2,3)4)13-10-9-11-14(15(13)21)20-25-18(5,6)19(7,8)26-20/h9-12H,1-8H3,(H,22,23)/t12-/m1/s1. The van der Waals surface area contributed by atoms with Crippen LogP contribution in [0, 0.1) is 5.82 Å². The van der Waals surface area contributed by atoms with E-state index in [0.29, 0.717) is 5.46 Å². The van der Waals surface area contributed by atoms with Gasteiger partial charge in [-0.1, -0.05) is 18.2 Å². The third-order valence-electron chi connectivity index (χ3n) is 4.76. The average molecular weight is 365 g/mol. The molecule has 0 aliphatic carbocycles. The predicted molar refractivity (Wildman–Crippen MR) is 99.9 cm³/mol. The van der Waals surface area contributed by atoms with Gasteiger partial charge >= 0.3 is 13.2 Å². The van der Waals surface area contributed by atoms with Crippen LogP contribution in [0.5, 0.6) is 0 Å². The van der Waals surface area contributed by atoms with E-state index in [1.807, 2.05) is 48.5 Å². The van der Waals surface area contributed by atoms with Crippen molar-refractivity contribution in [2.45, 2.75) is 78.2 Å². The molecule has 7 heteroatoms. The molecule has 1 aliphatic heterocycles. The summed E-state index contributed by atoms with van der Waals surface area (Å²) < 4.78 is 32.3. The van der Waals surface area contributed by atoms with E-state index < -0.39 is 41.9 Å². The number of halogens is 1. The first-order chi connectivity index (χ1) is 11.7. The molecule has 0 bridgehead atoms. The molecular formula is C19H29BFNO4. The number of alkyl carbamates (subject to hydrolysis) is 1. The third kappa shape index (κ3) is 4.38. The Hall–Kier alpha value is -1.60. The van der Waals surface area contributed by atoms with Gasteiger partial charge in [0.05, 0.1) is 11.2 Å². The summed E-state index contributed by atoms with van der Waals surface area (Å²) in [7, 11) is -0.810. The Kier molecular flexibility index (Phi) is 5.46. The molecule has 144 valence electrons. The van der Waals surface area contributed by atoms with Crippen LogP contribution >= 0.6 is 0 Å². The van der Waals surface area contributed by atoms with Crippen LogP contribution in [0.15, 0.2) is 18.2 Å². The Morgan fingerprint density at radius 2 is 1.73 bits per heavy atom. The van der Waals surface area contributed by atoms with Gasteiger partial charge in [-0.2, -0.15) is 0 Å². The van der Waals surface area contributed by atoms with Crippen LogP contribution < -0.4 is 10.8 Å². The van der Waals surface area contributed by atoms with E-state index >= 15 is 4.39 Å². The van der Waals surface area contributed by atoms with E-state index in [0.717, 1.165) is 0 Å². The zero-order chi connectivity index (χ0) is 19.9. The first-order valence-corrected chi connectivity index (χ1v) is 8.86. The van der Waals surface area contributed by atoms with Gasteiger partial charge in [-0.15, -0.1) is 0 Å². The van der Waals surface area contributed by atoms with Gasteiger partial charge in [0.25, 0.3) is 0 Å². The van der Waals surface area contributed by atoms with Crippen molar-refractivity contribution in [3.05, 3.63) is 29.6 Å². The molecule has 1 fully saturated rings. The molecule has 0 unspecified atom stereocenters. The van der Waals surface area contributed by atoms with Crippen molar-refractivity contribution in [3.63, 3.8) is 0 Å². The Labute approximate surface area is 155 Å². The highest BCUT2D eigenvalue weighted by molar-refractivity contribution is 6.62. The maximum absolute atomic E-state index is 15.1. The summed E-state index contributed by atoms with van der Waals surface area (Å²) in [5.74, 6) is -0.484. The van der Waals surface area contributed by atoms with Crippen LogP contribution in [0.2, 0.25) is 0 Å². The topological polar surface area (TPSA) is 56.8 Å². The average Bonchev–Trinajstić information content (AvgIpc) is 2.64. The molecule has 1 N–H and O–H groups in total. The molecule has 0 saturated carbocycles. The van der Waals surface area contributed by atoms with Gasteiger partial charge in [-0.3, -0.25) is 0 Å². The van der Waals surface area contributed by atoms with Crippen molar-refractivity contribution in [1.29, 1.82) is 0 Å². The number of rotatable bonds is 3. The van der Waals surface area contributed by atoms with Crippen LogP contribution in [0.4, 0.5) is 9.18 Å². The van der Waals surface area contributed by atoms with Crippen molar-refractivity contribution >= 4 is 18.7 Å². The molecular weight excluding hydrogens is 336 g/mol. The minimum absolute atomic E-state index is 0.279. The number of amides is 1. The summed E-state index contributed by atoms with van der Waals surface area (Å²) in [4.78, 5) is 12.0. The zero-order valence-electron chi connectivity index (χ0n) is 16.9. The molecule has 1 amide bonds. The Morgan fingerprint density at radius 3 is 2.23 bits per heavy atom. The molecule has 1 aromatic rings. The molecule has 26 heavy (non-hydrogen) atoms. The van der Waals surface area contributed by atoms with Gasteiger partial charge in [-0.05, 0) is 55.4 Å². The highest BCUT2D eigenvalue weighted by Crippen LogP contribution is 2.37. The summed E-state index contributed by atoms with van der Waals surface area (Å²) in [5.41, 5.74) is -0.974. The predicted octanol–water partition coefficient (Wildman–Crippen LogP) is 3.71. The zero-order valence-corrected chi connectivity index (χ0v) is 16.9. The lowest BCUT2D eigenvalue weighted by Crippen LogP contribution is -2.41. The number of carbonyl (C=O) groups is 1. The van der Waals surface area contributed by atoms with Crippen LogP contribution in [0.25, 0.3) is 0 Å². The molecule has 2 rings (SSSR count). The number of nitrogens with one attached hydrogen (secondary N) is 1. The van der Waals surface area contributed by atoms with Gasteiger partial charge in [0.1, 0.15) is 11.9 Å². The van der Waals surface area contributed by atoms with Gasteiger partial charge in [0.15, 0.2) is 0 Å². The maximum atomic E-state index is 15.1. The summed E-state index contributed by atoms with van der Waals surface area (Å²) in [5, 5.41) is 2.70. The fraction of sp³-hybridized carbons (Fsp3) is 0.632. The van der Waals surface area contributed by atoms with E-state index in [-0.39, 0.29) is 5.56 Å². The first-order valence-electron chi connectivity index (χ1n) is 8.86. The van der Waals surface area contributed by atoms with Gasteiger partial charge in [-0.25, -0.2) is 9.18 Å². The number of benzene rings is 1. The van der Waals surface area contributed by atoms with Crippen LogP contribution in [-0.2, 0) is 14.0 Å². The second-order valence-corrected chi connectivity index (χ2v) is 8.76. The molecule has 1 aliphatic rings. The minimum atomic E-state index is -0.810. The van der Waals surface area contributed by atoms with Crippen LogP contribution in [0.1, 0.15) is 67.1 Å². The fourth-order valence-corrected chi connectivity index (χ4v) is 2.59. The van der Waals surface area contributed by atoms with E-state index in [9.17, 15) is 4.79 Å². The van der Waals surface area contributed by atoms with Gasteiger partial charge in [0.2, 0.25) is 0 Å². The van der Waals surface area contributed by atoms with E-state index in [1.54, 1.807) is 25.1 Å². The Bertz CT molecular complexity index is 669. The van der Waals surface area contributed by atoms with Crippen molar-refractivity contribution < 1.29 is 23.2 Å². The number of hydrogen-bond acceptors (Lipinski definition) is 4. The molecule has 5 nitrogen and oxygen atoms in total. The maximum Gasteiger partial charge on any atom is 0.497 e. The van der Waals surface area contributed by atoms with Crippen molar-refractivity contribution in [2.75, 3.05) is 0 Å². The second-order valence-electron chi connectivity index (χ2n) is 8.76. The quantitative estimate of drug-likeness (QED) is 0.830. The lowest BCUT2D eigenvalue weighted by atomic mass is 9.77. The number of ether oxygens (including phenoxy) is 1. The molecule has 1 atom stereocenters. The largest absolute Gasteiger partial charge is 0.497 e. The molecule has 1 saturated heterocycles. The van der Waals surface area contributed by atoms with E-state index in [4.69, 9.17) is 14.0 Å². The molecule has 1 heterocycles. The highest BCUT2D eigenvalue weighted by atomic mass is 19.1. The Balaban J connectivity index is 2.21. The highest BCUT2D eigenvalue weighted by Gasteiger charge is 2.52. The lowest BCUT2D eigenvalue weighted by molar-refractivity contribution is 0.00578. The van der Waals surface area contributed by atoms with Crippen LogP contribution in [0.3, 0.4) is 0 Å². The summed E-state index contributed by atoms with van der Waals surface area (Å²) in [6.45, 7) is 14.8. The summed E-state index contributed by atoms with van der Waals surface area (Å²) in [6, 6.07) is 4.93. The lowest BCUT2D eigenvalue weighted by Gasteiger charge is -2.32. The molecule has 0 radical (unpaired) electrons. The molecule has 1 aromatic carbocycles. The van der Waals surface area contributed by atoms with E-state index in [1.165, 1.54) is 0 Å². The first kappa shape index (κ1) is 20.7. The van der Waals surface area contributed by atoms with E-state index in [2.05, 4.69) is 5.32 Å².